The van der Waals surface area contributed by atoms with Crippen LogP contribution in [0.2, 0.25) is 0 Å². The molecule has 0 atom stereocenters. The maximum absolute atomic E-state index is 12.7. The molecular weight excluding hydrogens is 380 g/mol. The van der Waals surface area contributed by atoms with E-state index in [1.165, 1.54) is 16.8 Å². The zero-order valence-electron chi connectivity index (χ0n) is 15.7. The first-order valence-corrected chi connectivity index (χ1v) is 9.52. The number of hydrogen-bond donors (Lipinski definition) is 1. The summed E-state index contributed by atoms with van der Waals surface area (Å²) in [5, 5.41) is 0.801. The number of likely N-dealkylation sites (tertiary alicyclic amines) is 1. The van der Waals surface area contributed by atoms with Crippen LogP contribution in [-0.2, 0) is 6.54 Å². The van der Waals surface area contributed by atoms with Gasteiger partial charge >= 0.3 is 0 Å². The Bertz CT molecular complexity index is 1070. The minimum absolute atomic E-state index is 0.0673. The topological polar surface area (TPSA) is 67.3 Å². The maximum Gasteiger partial charge on any atom is 0.256 e. The number of nitrogens with zero attached hydrogens (tertiary/aromatic N) is 2. The van der Waals surface area contributed by atoms with Gasteiger partial charge in [0.1, 0.15) is 11.9 Å². The minimum Gasteiger partial charge on any atom is -0.490 e. The van der Waals surface area contributed by atoms with Crippen LogP contribution in [0.4, 0.5) is 8.78 Å². The standard InChI is InChI=1S/C21H21F2N3O3/c22-19(23)13-26-11-7-16-17(26)2-1-3-18(16)29-15-5-9-25(10-6-15)21(28)14-4-8-24-20(27)12-14/h1-4,7-8,11-12,15,19H,5-6,9-10,13H2,(H,24,27). The Balaban J connectivity index is 1.42. The number of H-pyrrole nitrogens is 1. The number of carbonyl (C=O) groups is 1. The predicted octanol–water partition coefficient (Wildman–Crippen LogP) is 3.28. The molecule has 4 rings (SSSR count). The number of nitrogens with one attached hydrogen (secondary N) is 1. The lowest BCUT2D eigenvalue weighted by Crippen LogP contribution is -2.42. The van der Waals surface area contributed by atoms with E-state index in [-0.39, 0.29) is 24.1 Å². The van der Waals surface area contributed by atoms with Gasteiger partial charge in [-0.3, -0.25) is 9.59 Å². The molecule has 0 radical (unpaired) electrons. The van der Waals surface area contributed by atoms with E-state index in [9.17, 15) is 18.4 Å². The summed E-state index contributed by atoms with van der Waals surface area (Å²) in [7, 11) is 0. The molecule has 1 fully saturated rings. The number of ether oxygens (including phenoxy) is 1. The lowest BCUT2D eigenvalue weighted by atomic mass is 10.1. The smallest absolute Gasteiger partial charge is 0.256 e. The van der Waals surface area contributed by atoms with Crippen LogP contribution < -0.4 is 10.3 Å². The van der Waals surface area contributed by atoms with Crippen molar-refractivity contribution in [3.63, 3.8) is 0 Å². The van der Waals surface area contributed by atoms with Crippen LogP contribution in [0, 0.1) is 0 Å². The summed E-state index contributed by atoms with van der Waals surface area (Å²) >= 11 is 0. The Morgan fingerprint density at radius 2 is 2.00 bits per heavy atom. The van der Waals surface area contributed by atoms with Gasteiger partial charge in [-0.15, -0.1) is 0 Å². The summed E-state index contributed by atoms with van der Waals surface area (Å²) in [6, 6.07) is 10.1. The highest BCUT2D eigenvalue weighted by Gasteiger charge is 2.25. The van der Waals surface area contributed by atoms with Crippen LogP contribution in [0.5, 0.6) is 5.75 Å². The molecule has 1 amide bonds. The third-order valence-electron chi connectivity index (χ3n) is 5.15. The normalized spacial score (nSPS) is 15.2. The summed E-state index contributed by atoms with van der Waals surface area (Å²) in [6.07, 6.45) is 1.93. The molecule has 1 N–H and O–H groups in total. The van der Waals surface area contributed by atoms with Gasteiger partial charge in [0.25, 0.3) is 12.3 Å². The highest BCUT2D eigenvalue weighted by Crippen LogP contribution is 2.29. The average molecular weight is 401 g/mol. The molecule has 0 bridgehead atoms. The SMILES string of the molecule is O=C(c1cc[nH]c(=O)c1)N1CCC(Oc2cccc3c2ccn3CC(F)F)CC1. The van der Waals surface area contributed by atoms with Crippen LogP contribution >= 0.6 is 0 Å². The molecule has 29 heavy (non-hydrogen) atoms. The van der Waals surface area contributed by atoms with Gasteiger partial charge in [0.05, 0.1) is 12.1 Å². The summed E-state index contributed by atoms with van der Waals surface area (Å²) in [6.45, 7) is 0.702. The van der Waals surface area contributed by atoms with E-state index >= 15 is 0 Å². The number of aromatic nitrogens is 2. The molecule has 1 aromatic carbocycles. The highest BCUT2D eigenvalue weighted by molar-refractivity contribution is 5.94. The Morgan fingerprint density at radius 3 is 2.72 bits per heavy atom. The third-order valence-corrected chi connectivity index (χ3v) is 5.15. The van der Waals surface area contributed by atoms with Crippen LogP contribution in [0.1, 0.15) is 23.2 Å². The van der Waals surface area contributed by atoms with E-state index in [1.54, 1.807) is 35.4 Å². The first kappa shape index (κ1) is 19.2. The number of aromatic amines is 1. The summed E-state index contributed by atoms with van der Waals surface area (Å²) < 4.78 is 33.2. The van der Waals surface area contributed by atoms with Crippen molar-refractivity contribution in [2.45, 2.75) is 31.9 Å². The molecule has 0 aliphatic carbocycles. The highest BCUT2D eigenvalue weighted by atomic mass is 19.3. The molecule has 8 heteroatoms. The van der Waals surface area contributed by atoms with Crippen molar-refractivity contribution in [3.8, 4) is 5.75 Å². The van der Waals surface area contributed by atoms with E-state index in [1.807, 2.05) is 6.07 Å². The first-order chi connectivity index (χ1) is 14.0. The van der Waals surface area contributed by atoms with Crippen molar-refractivity contribution in [2.24, 2.45) is 0 Å². The number of piperidine rings is 1. The van der Waals surface area contributed by atoms with Crippen LogP contribution in [0.15, 0.2) is 53.6 Å². The number of fused-ring (bicyclic) bond motifs is 1. The van der Waals surface area contributed by atoms with Crippen molar-refractivity contribution in [2.75, 3.05) is 13.1 Å². The molecule has 1 aliphatic heterocycles. The third kappa shape index (κ3) is 4.16. The van der Waals surface area contributed by atoms with E-state index in [2.05, 4.69) is 4.98 Å². The molecule has 0 saturated carbocycles. The Kier molecular flexibility index (Phi) is 5.33. The van der Waals surface area contributed by atoms with Crippen molar-refractivity contribution >= 4 is 16.8 Å². The van der Waals surface area contributed by atoms with Crippen molar-refractivity contribution in [3.05, 3.63) is 64.7 Å². The quantitative estimate of drug-likeness (QED) is 0.714. The van der Waals surface area contributed by atoms with Gasteiger partial charge in [0.15, 0.2) is 0 Å². The average Bonchev–Trinajstić information content (AvgIpc) is 3.11. The van der Waals surface area contributed by atoms with Gasteiger partial charge in [-0.05, 0) is 24.3 Å². The zero-order chi connectivity index (χ0) is 20.4. The van der Waals surface area contributed by atoms with Gasteiger partial charge < -0.3 is 19.2 Å². The molecule has 6 nitrogen and oxygen atoms in total. The van der Waals surface area contributed by atoms with Gasteiger partial charge in [0, 0.05) is 55.3 Å². The van der Waals surface area contributed by atoms with Gasteiger partial charge in [-0.2, -0.15) is 0 Å². The Morgan fingerprint density at radius 1 is 1.21 bits per heavy atom. The molecule has 0 unspecified atom stereocenters. The van der Waals surface area contributed by atoms with Gasteiger partial charge in [0.2, 0.25) is 5.56 Å². The molecule has 2 aromatic heterocycles. The number of amides is 1. The fourth-order valence-electron chi connectivity index (χ4n) is 3.72. The second-order valence-electron chi connectivity index (χ2n) is 7.10. The molecular formula is C21H21F2N3O3. The van der Waals surface area contributed by atoms with Crippen LogP contribution in [-0.4, -0.2) is 46.0 Å². The second kappa shape index (κ2) is 8.06. The van der Waals surface area contributed by atoms with Crippen molar-refractivity contribution in [1.29, 1.82) is 0 Å². The first-order valence-electron chi connectivity index (χ1n) is 9.52. The summed E-state index contributed by atoms with van der Waals surface area (Å²) in [5.41, 5.74) is 0.781. The number of pyridine rings is 1. The number of hydrogen-bond acceptors (Lipinski definition) is 3. The van der Waals surface area contributed by atoms with Crippen molar-refractivity contribution < 1.29 is 18.3 Å². The number of rotatable bonds is 5. The van der Waals surface area contributed by atoms with Crippen LogP contribution in [0.3, 0.4) is 0 Å². The largest absolute Gasteiger partial charge is 0.490 e. The number of halogens is 2. The molecule has 3 aromatic rings. The zero-order valence-corrected chi connectivity index (χ0v) is 15.7. The minimum atomic E-state index is -2.42. The fraction of sp³-hybridized carbons (Fsp3) is 0.333. The maximum atomic E-state index is 12.7. The van der Waals surface area contributed by atoms with E-state index in [0.29, 0.717) is 42.8 Å². The van der Waals surface area contributed by atoms with Gasteiger partial charge in [-0.25, -0.2) is 8.78 Å². The fourth-order valence-corrected chi connectivity index (χ4v) is 3.72. The Hall–Kier alpha value is -3.16. The molecule has 3 heterocycles. The lowest BCUT2D eigenvalue weighted by Gasteiger charge is -2.32. The molecule has 1 saturated heterocycles. The molecule has 0 spiro atoms. The number of alkyl halides is 2. The van der Waals surface area contributed by atoms with E-state index in [4.69, 9.17) is 4.74 Å². The summed E-state index contributed by atoms with van der Waals surface area (Å²) in [5.74, 6) is 0.496. The molecule has 1 aliphatic rings. The van der Waals surface area contributed by atoms with Crippen LogP contribution in [0.25, 0.3) is 10.9 Å². The van der Waals surface area contributed by atoms with Gasteiger partial charge in [-0.1, -0.05) is 6.07 Å². The number of benzene rings is 1. The van der Waals surface area contributed by atoms with E-state index in [0.717, 1.165) is 5.39 Å². The summed E-state index contributed by atoms with van der Waals surface area (Å²) in [4.78, 5) is 28.2. The molecule has 152 valence electrons. The second-order valence-corrected chi connectivity index (χ2v) is 7.10. The predicted molar refractivity (Wildman–Crippen MR) is 105 cm³/mol. The number of carbonyl (C=O) groups excluding carboxylic acids is 1. The Labute approximate surface area is 165 Å². The monoisotopic (exact) mass is 401 g/mol. The van der Waals surface area contributed by atoms with Crippen molar-refractivity contribution in [1.82, 2.24) is 14.5 Å². The lowest BCUT2D eigenvalue weighted by molar-refractivity contribution is 0.0597. The van der Waals surface area contributed by atoms with E-state index < -0.39 is 6.43 Å².